The molecule has 1 heterocycles. The quantitative estimate of drug-likeness (QED) is 0.735. The van der Waals surface area contributed by atoms with Crippen molar-refractivity contribution >= 4 is 0 Å². The van der Waals surface area contributed by atoms with Gasteiger partial charge in [-0.15, -0.1) is 0 Å². The van der Waals surface area contributed by atoms with Gasteiger partial charge >= 0.3 is 0 Å². The molecule has 0 bridgehead atoms. The molecule has 0 amide bonds. The van der Waals surface area contributed by atoms with Gasteiger partial charge in [-0.05, 0) is 30.6 Å². The molecule has 5 heteroatoms. The van der Waals surface area contributed by atoms with Crippen LogP contribution in [0.2, 0.25) is 0 Å². The van der Waals surface area contributed by atoms with Crippen LogP contribution in [-0.4, -0.2) is 84.7 Å². The van der Waals surface area contributed by atoms with Gasteiger partial charge in [0.25, 0.3) is 0 Å². The summed E-state index contributed by atoms with van der Waals surface area (Å²) in [6, 6.07) is 0. The van der Waals surface area contributed by atoms with Crippen LogP contribution in [0.1, 0.15) is 40.0 Å². The van der Waals surface area contributed by atoms with Crippen molar-refractivity contribution in [1.82, 2.24) is 9.80 Å². The van der Waals surface area contributed by atoms with Gasteiger partial charge in [0.1, 0.15) is 0 Å². The van der Waals surface area contributed by atoms with Crippen LogP contribution < -0.4 is 0 Å². The molecule has 0 aromatic rings. The number of rotatable bonds is 7. The van der Waals surface area contributed by atoms with E-state index in [1.165, 1.54) is 6.42 Å². The Bertz CT molecular complexity index is 343. The van der Waals surface area contributed by atoms with Crippen molar-refractivity contribution in [2.75, 3.05) is 52.5 Å². The van der Waals surface area contributed by atoms with Gasteiger partial charge in [-0.25, -0.2) is 0 Å². The predicted molar refractivity (Wildman–Crippen MR) is 92.5 cm³/mol. The summed E-state index contributed by atoms with van der Waals surface area (Å²) in [6.07, 6.45) is 3.39. The van der Waals surface area contributed by atoms with E-state index in [-0.39, 0.29) is 6.61 Å². The van der Waals surface area contributed by atoms with Crippen LogP contribution in [0.3, 0.4) is 0 Å². The van der Waals surface area contributed by atoms with Crippen molar-refractivity contribution in [2.45, 2.75) is 52.2 Å². The van der Waals surface area contributed by atoms with Gasteiger partial charge in [-0.3, -0.25) is 9.80 Å². The Morgan fingerprint density at radius 1 is 1.13 bits per heavy atom. The molecule has 1 saturated heterocycles. The highest BCUT2D eigenvalue weighted by Crippen LogP contribution is 2.39. The third kappa shape index (κ3) is 6.67. The second-order valence-electron chi connectivity index (χ2n) is 8.39. The molecule has 1 aliphatic carbocycles. The Kier molecular flexibility index (Phi) is 7.29. The third-order valence-corrected chi connectivity index (χ3v) is 5.22. The van der Waals surface area contributed by atoms with Crippen molar-refractivity contribution in [2.24, 2.45) is 11.3 Å². The molecular weight excluding hydrogens is 292 g/mol. The second-order valence-corrected chi connectivity index (χ2v) is 8.39. The largest absolute Gasteiger partial charge is 0.395 e. The lowest BCUT2D eigenvalue weighted by molar-refractivity contribution is -0.0634. The van der Waals surface area contributed by atoms with Gasteiger partial charge in [0.15, 0.2) is 0 Å². The van der Waals surface area contributed by atoms with E-state index >= 15 is 0 Å². The molecule has 23 heavy (non-hydrogen) atoms. The summed E-state index contributed by atoms with van der Waals surface area (Å²) < 4.78 is 6.03. The molecule has 1 aliphatic heterocycles. The summed E-state index contributed by atoms with van der Waals surface area (Å²) in [5.74, 6) is 0.709. The maximum Gasteiger partial charge on any atom is 0.0900 e. The molecule has 5 nitrogen and oxygen atoms in total. The van der Waals surface area contributed by atoms with Crippen LogP contribution in [0.15, 0.2) is 0 Å². The van der Waals surface area contributed by atoms with E-state index in [2.05, 4.69) is 30.6 Å². The van der Waals surface area contributed by atoms with Crippen molar-refractivity contribution < 1.29 is 14.9 Å². The predicted octanol–water partition coefficient (Wildman–Crippen LogP) is 1.19. The number of aliphatic hydroxyl groups is 2. The van der Waals surface area contributed by atoms with Gasteiger partial charge in [0.05, 0.1) is 25.4 Å². The van der Waals surface area contributed by atoms with Crippen molar-refractivity contribution in [3.8, 4) is 0 Å². The lowest BCUT2D eigenvalue weighted by Gasteiger charge is -2.39. The summed E-state index contributed by atoms with van der Waals surface area (Å²) in [4.78, 5) is 4.57. The maximum atomic E-state index is 10.3. The Labute approximate surface area is 141 Å². The molecule has 0 unspecified atom stereocenters. The Morgan fingerprint density at radius 2 is 1.78 bits per heavy atom. The molecule has 2 rings (SSSR count). The van der Waals surface area contributed by atoms with Crippen LogP contribution in [0, 0.1) is 11.3 Å². The number of piperazine rings is 1. The van der Waals surface area contributed by atoms with Gasteiger partial charge < -0.3 is 14.9 Å². The van der Waals surface area contributed by atoms with Gasteiger partial charge in [0.2, 0.25) is 0 Å². The average molecular weight is 328 g/mol. The van der Waals surface area contributed by atoms with Gasteiger partial charge in [-0.1, -0.05) is 20.8 Å². The first-order valence-electron chi connectivity index (χ1n) is 9.23. The fourth-order valence-corrected chi connectivity index (χ4v) is 4.32. The van der Waals surface area contributed by atoms with E-state index in [1.807, 2.05) is 0 Å². The third-order valence-electron chi connectivity index (χ3n) is 5.22. The summed E-state index contributed by atoms with van der Waals surface area (Å²) >= 11 is 0. The molecular formula is C18H36N2O3. The minimum absolute atomic E-state index is 0.229. The van der Waals surface area contributed by atoms with Gasteiger partial charge in [0, 0.05) is 39.3 Å². The van der Waals surface area contributed by atoms with E-state index in [0.29, 0.717) is 30.6 Å². The molecule has 3 atom stereocenters. The van der Waals surface area contributed by atoms with E-state index in [9.17, 15) is 5.11 Å². The molecule has 0 aromatic heterocycles. The SMILES string of the molecule is C[C@H]1C[C@@H](OC[C@H](O)CN2CCN(CCO)CC2)CC(C)(C)C1. The van der Waals surface area contributed by atoms with Crippen molar-refractivity contribution in [1.29, 1.82) is 0 Å². The number of nitrogens with zero attached hydrogens (tertiary/aromatic N) is 2. The minimum Gasteiger partial charge on any atom is -0.395 e. The molecule has 136 valence electrons. The Hall–Kier alpha value is -0.200. The summed E-state index contributed by atoms with van der Waals surface area (Å²) in [5.41, 5.74) is 0.357. The number of hydrogen-bond acceptors (Lipinski definition) is 5. The first-order chi connectivity index (χ1) is 10.9. The normalized spacial score (nSPS) is 31.2. The van der Waals surface area contributed by atoms with Crippen LogP contribution >= 0.6 is 0 Å². The molecule has 1 saturated carbocycles. The first kappa shape index (κ1) is 19.1. The average Bonchev–Trinajstić information content (AvgIpc) is 2.45. The summed E-state index contributed by atoms with van der Waals surface area (Å²) in [7, 11) is 0. The first-order valence-corrected chi connectivity index (χ1v) is 9.23. The zero-order valence-corrected chi connectivity index (χ0v) is 15.2. The van der Waals surface area contributed by atoms with Gasteiger partial charge in [-0.2, -0.15) is 0 Å². The topological polar surface area (TPSA) is 56.2 Å². The molecule has 0 radical (unpaired) electrons. The zero-order chi connectivity index (χ0) is 16.9. The molecule has 2 fully saturated rings. The molecule has 0 aromatic carbocycles. The monoisotopic (exact) mass is 328 g/mol. The van der Waals surface area contributed by atoms with Crippen LogP contribution in [0.4, 0.5) is 0 Å². The molecule has 0 spiro atoms. The maximum absolute atomic E-state index is 10.3. The van der Waals surface area contributed by atoms with Crippen LogP contribution in [0.25, 0.3) is 0 Å². The fraction of sp³-hybridized carbons (Fsp3) is 1.00. The highest BCUT2D eigenvalue weighted by Gasteiger charge is 2.32. The number of hydrogen-bond donors (Lipinski definition) is 2. The summed E-state index contributed by atoms with van der Waals surface area (Å²) in [6.45, 7) is 13.0. The van der Waals surface area contributed by atoms with E-state index in [0.717, 1.165) is 45.6 Å². The van der Waals surface area contributed by atoms with Crippen molar-refractivity contribution in [3.63, 3.8) is 0 Å². The fourth-order valence-electron chi connectivity index (χ4n) is 4.32. The van der Waals surface area contributed by atoms with Crippen molar-refractivity contribution in [3.05, 3.63) is 0 Å². The van der Waals surface area contributed by atoms with Crippen LogP contribution in [0.5, 0.6) is 0 Å². The smallest absolute Gasteiger partial charge is 0.0900 e. The zero-order valence-electron chi connectivity index (χ0n) is 15.2. The lowest BCUT2D eigenvalue weighted by Crippen LogP contribution is -2.49. The van der Waals surface area contributed by atoms with E-state index < -0.39 is 6.10 Å². The van der Waals surface area contributed by atoms with E-state index in [1.54, 1.807) is 0 Å². The number of β-amino-alcohol motifs (C(OH)–C–C–N with tert-alkyl or cyclic N) is 2. The lowest BCUT2D eigenvalue weighted by atomic mass is 9.71. The summed E-state index contributed by atoms with van der Waals surface area (Å²) in [5, 5.41) is 19.2. The molecule has 2 N–H and O–H groups in total. The molecule has 2 aliphatic rings. The van der Waals surface area contributed by atoms with E-state index in [4.69, 9.17) is 9.84 Å². The second kappa shape index (κ2) is 8.77. The standard InChI is InChI=1S/C18H36N2O3/c1-15-10-17(12-18(2,3)11-15)23-14-16(22)13-20-6-4-19(5-7-20)8-9-21/h15-17,21-22H,4-14H2,1-3H3/t15-,16+,17+/m0/s1. The highest BCUT2D eigenvalue weighted by atomic mass is 16.5. The Morgan fingerprint density at radius 3 is 2.39 bits per heavy atom. The highest BCUT2D eigenvalue weighted by molar-refractivity contribution is 4.83. The Balaban J connectivity index is 1.64. The number of ether oxygens (including phenoxy) is 1. The number of aliphatic hydroxyl groups excluding tert-OH is 2. The van der Waals surface area contributed by atoms with Crippen LogP contribution in [-0.2, 0) is 4.74 Å². The minimum atomic E-state index is -0.403.